The largest absolute Gasteiger partial charge is 0.381 e. The van der Waals surface area contributed by atoms with Crippen LogP contribution >= 0.6 is 0 Å². The minimum atomic E-state index is 0.404. The van der Waals surface area contributed by atoms with Gasteiger partial charge in [-0.2, -0.15) is 0 Å². The third-order valence-corrected chi connectivity index (χ3v) is 3.32. The van der Waals surface area contributed by atoms with Gasteiger partial charge in [-0.3, -0.25) is 0 Å². The molecule has 1 aliphatic carbocycles. The van der Waals surface area contributed by atoms with Crippen LogP contribution in [0, 0.1) is 6.92 Å². The van der Waals surface area contributed by atoms with Crippen LogP contribution in [0.25, 0.3) is 0 Å². The molecule has 17 heavy (non-hydrogen) atoms. The summed E-state index contributed by atoms with van der Waals surface area (Å²) in [5.74, 6) is 1.80. The summed E-state index contributed by atoms with van der Waals surface area (Å²) in [5, 5.41) is 3.49. The fourth-order valence-electron chi connectivity index (χ4n) is 2.38. The molecule has 2 atom stereocenters. The van der Waals surface area contributed by atoms with E-state index in [0.717, 1.165) is 43.0 Å². The lowest BCUT2D eigenvalue weighted by Crippen LogP contribution is -2.18. The molecule has 1 aromatic heterocycles. The van der Waals surface area contributed by atoms with Gasteiger partial charge >= 0.3 is 0 Å². The Kier molecular flexibility index (Phi) is 3.94. The van der Waals surface area contributed by atoms with Crippen LogP contribution in [-0.2, 0) is 11.2 Å². The maximum Gasteiger partial charge on any atom is 0.130 e. The second-order valence-corrected chi connectivity index (χ2v) is 4.66. The van der Waals surface area contributed by atoms with Crippen LogP contribution in [0.4, 0.5) is 5.82 Å². The summed E-state index contributed by atoms with van der Waals surface area (Å²) < 4.78 is 5.37. The Morgan fingerprint density at radius 2 is 2.24 bits per heavy atom. The molecule has 1 fully saturated rings. The zero-order chi connectivity index (χ0) is 12.3. The summed E-state index contributed by atoms with van der Waals surface area (Å²) in [6, 6.07) is 2.53. The van der Waals surface area contributed by atoms with Gasteiger partial charge in [0.1, 0.15) is 11.6 Å². The first-order chi connectivity index (χ1) is 8.21. The summed E-state index contributed by atoms with van der Waals surface area (Å²) in [4.78, 5) is 8.82. The highest BCUT2D eigenvalue weighted by Gasteiger charge is 2.24. The molecule has 4 nitrogen and oxygen atoms in total. The van der Waals surface area contributed by atoms with Crippen molar-refractivity contribution in [1.29, 1.82) is 0 Å². The van der Waals surface area contributed by atoms with Gasteiger partial charge in [-0.05, 0) is 32.6 Å². The molecule has 1 aromatic rings. The quantitative estimate of drug-likeness (QED) is 0.870. The lowest BCUT2D eigenvalue weighted by atomic mass is 10.2. The zero-order valence-corrected chi connectivity index (χ0v) is 10.9. The zero-order valence-electron chi connectivity index (χ0n) is 10.9. The van der Waals surface area contributed by atoms with Crippen molar-refractivity contribution in [1.82, 2.24) is 9.97 Å². The molecule has 94 valence electrons. The van der Waals surface area contributed by atoms with Gasteiger partial charge in [-0.1, -0.05) is 6.92 Å². The first kappa shape index (κ1) is 12.3. The van der Waals surface area contributed by atoms with Crippen LogP contribution in [0.3, 0.4) is 0 Å². The number of aromatic nitrogens is 2. The molecule has 2 unspecified atom stereocenters. The molecular weight excluding hydrogens is 214 g/mol. The smallest absolute Gasteiger partial charge is 0.130 e. The van der Waals surface area contributed by atoms with E-state index < -0.39 is 0 Å². The molecule has 1 heterocycles. The van der Waals surface area contributed by atoms with Crippen molar-refractivity contribution in [2.75, 3.05) is 12.4 Å². The number of nitrogens with zero attached hydrogens (tertiary/aromatic N) is 2. The third kappa shape index (κ3) is 3.16. The monoisotopic (exact) mass is 235 g/mol. The lowest BCUT2D eigenvalue weighted by Gasteiger charge is -2.14. The number of nitrogens with one attached hydrogen (secondary N) is 1. The van der Waals surface area contributed by atoms with Crippen LogP contribution in [-0.4, -0.2) is 29.2 Å². The number of anilines is 1. The van der Waals surface area contributed by atoms with E-state index in [-0.39, 0.29) is 0 Å². The van der Waals surface area contributed by atoms with Gasteiger partial charge in [0, 0.05) is 24.9 Å². The highest BCUT2D eigenvalue weighted by molar-refractivity contribution is 5.37. The number of aryl methyl sites for hydroxylation is 2. The van der Waals surface area contributed by atoms with Gasteiger partial charge in [0.25, 0.3) is 0 Å². The van der Waals surface area contributed by atoms with E-state index >= 15 is 0 Å². The molecule has 1 aliphatic rings. The predicted molar refractivity (Wildman–Crippen MR) is 68.2 cm³/mol. The molecule has 0 aromatic carbocycles. The number of methoxy groups -OCH3 is 1. The molecule has 1 N–H and O–H groups in total. The number of hydrogen-bond donors (Lipinski definition) is 1. The summed E-state index contributed by atoms with van der Waals surface area (Å²) in [5.41, 5.74) is 1.10. The van der Waals surface area contributed by atoms with Gasteiger partial charge in [0.2, 0.25) is 0 Å². The van der Waals surface area contributed by atoms with E-state index in [2.05, 4.69) is 22.2 Å². The van der Waals surface area contributed by atoms with Crippen molar-refractivity contribution < 1.29 is 4.74 Å². The average molecular weight is 235 g/mol. The normalized spacial score (nSPS) is 23.9. The van der Waals surface area contributed by atoms with E-state index in [1.54, 1.807) is 7.11 Å². The van der Waals surface area contributed by atoms with Crippen LogP contribution in [0.2, 0.25) is 0 Å². The molecule has 0 bridgehead atoms. The van der Waals surface area contributed by atoms with Crippen molar-refractivity contribution in [2.45, 2.75) is 51.7 Å². The SMILES string of the molecule is CCc1cc(NC2CCC(OC)C2)nc(C)n1. The predicted octanol–water partition coefficient (Wildman–Crippen LogP) is 2.33. The van der Waals surface area contributed by atoms with Crippen molar-refractivity contribution in [3.8, 4) is 0 Å². The summed E-state index contributed by atoms with van der Waals surface area (Å²) in [6.07, 6.45) is 4.72. The minimum Gasteiger partial charge on any atom is -0.381 e. The summed E-state index contributed by atoms with van der Waals surface area (Å²) >= 11 is 0. The molecule has 0 aliphatic heterocycles. The summed E-state index contributed by atoms with van der Waals surface area (Å²) in [6.45, 7) is 4.05. The van der Waals surface area contributed by atoms with Gasteiger partial charge in [0.15, 0.2) is 0 Å². The van der Waals surface area contributed by atoms with E-state index in [1.165, 1.54) is 0 Å². The van der Waals surface area contributed by atoms with Crippen molar-refractivity contribution in [3.05, 3.63) is 17.6 Å². The molecule has 0 spiro atoms. The first-order valence-corrected chi connectivity index (χ1v) is 6.35. The van der Waals surface area contributed by atoms with E-state index in [9.17, 15) is 0 Å². The van der Waals surface area contributed by atoms with Gasteiger partial charge in [-0.15, -0.1) is 0 Å². The van der Waals surface area contributed by atoms with Crippen molar-refractivity contribution >= 4 is 5.82 Å². The fraction of sp³-hybridized carbons (Fsp3) is 0.692. The fourth-order valence-corrected chi connectivity index (χ4v) is 2.38. The van der Waals surface area contributed by atoms with Gasteiger partial charge < -0.3 is 10.1 Å². The highest BCUT2D eigenvalue weighted by Crippen LogP contribution is 2.24. The standard InChI is InChI=1S/C13H21N3O/c1-4-10-8-13(15-9(2)14-10)16-11-5-6-12(7-11)17-3/h8,11-12H,4-7H2,1-3H3,(H,14,15,16). The molecular formula is C13H21N3O. The first-order valence-electron chi connectivity index (χ1n) is 6.35. The Hall–Kier alpha value is -1.16. The topological polar surface area (TPSA) is 47.0 Å². The maximum absolute atomic E-state index is 5.37. The Labute approximate surface area is 103 Å². The van der Waals surface area contributed by atoms with Crippen molar-refractivity contribution in [2.24, 2.45) is 0 Å². The van der Waals surface area contributed by atoms with Crippen molar-refractivity contribution in [3.63, 3.8) is 0 Å². The average Bonchev–Trinajstić information content (AvgIpc) is 2.76. The number of rotatable bonds is 4. The van der Waals surface area contributed by atoms with Crippen LogP contribution in [0.1, 0.15) is 37.7 Å². The molecule has 0 radical (unpaired) electrons. The van der Waals surface area contributed by atoms with Crippen LogP contribution in [0.15, 0.2) is 6.07 Å². The highest BCUT2D eigenvalue weighted by atomic mass is 16.5. The molecule has 2 rings (SSSR count). The third-order valence-electron chi connectivity index (χ3n) is 3.32. The Morgan fingerprint density at radius 1 is 1.41 bits per heavy atom. The Bertz CT molecular complexity index is 381. The second-order valence-electron chi connectivity index (χ2n) is 4.66. The van der Waals surface area contributed by atoms with E-state index in [4.69, 9.17) is 4.74 Å². The Morgan fingerprint density at radius 3 is 2.88 bits per heavy atom. The van der Waals surface area contributed by atoms with Crippen LogP contribution < -0.4 is 5.32 Å². The van der Waals surface area contributed by atoms with E-state index in [1.807, 2.05) is 13.0 Å². The summed E-state index contributed by atoms with van der Waals surface area (Å²) in [7, 11) is 1.79. The Balaban J connectivity index is 2.01. The lowest BCUT2D eigenvalue weighted by molar-refractivity contribution is 0.108. The molecule has 0 amide bonds. The van der Waals surface area contributed by atoms with E-state index in [0.29, 0.717) is 12.1 Å². The second kappa shape index (κ2) is 5.45. The molecule has 0 saturated heterocycles. The molecule has 1 saturated carbocycles. The van der Waals surface area contributed by atoms with Crippen LogP contribution in [0.5, 0.6) is 0 Å². The van der Waals surface area contributed by atoms with Gasteiger partial charge in [0.05, 0.1) is 6.10 Å². The van der Waals surface area contributed by atoms with Gasteiger partial charge in [-0.25, -0.2) is 9.97 Å². The number of ether oxygens (including phenoxy) is 1. The maximum atomic E-state index is 5.37. The number of hydrogen-bond acceptors (Lipinski definition) is 4. The minimum absolute atomic E-state index is 0.404. The molecule has 4 heteroatoms.